The monoisotopic (exact) mass is 496 g/mol. The van der Waals surface area contributed by atoms with E-state index in [2.05, 4.69) is 4.98 Å². The first kappa shape index (κ1) is 25.7. The summed E-state index contributed by atoms with van der Waals surface area (Å²) in [6.07, 6.45) is -3.86. The molecule has 0 spiro atoms. The summed E-state index contributed by atoms with van der Waals surface area (Å²) in [5, 5.41) is 4.76. The number of hydrogen-bond acceptors (Lipinski definition) is 5. The van der Waals surface area contributed by atoms with Gasteiger partial charge in [0.1, 0.15) is 11.7 Å². The first-order valence-electron chi connectivity index (χ1n) is 12.2. The Morgan fingerprint density at radius 1 is 1.14 bits per heavy atom. The van der Waals surface area contributed by atoms with E-state index < -0.39 is 35.4 Å². The van der Waals surface area contributed by atoms with Crippen LogP contribution in [0.5, 0.6) is 0 Å². The fraction of sp³-hybridized carbons (Fsp3) is 0.720. The molecule has 0 aromatic carbocycles. The molecule has 2 fully saturated rings. The minimum Gasteiger partial charge on any atom is -0.444 e. The Morgan fingerprint density at radius 3 is 2.40 bits per heavy atom. The predicted molar refractivity (Wildman–Crippen MR) is 124 cm³/mol. The number of halogens is 3. The summed E-state index contributed by atoms with van der Waals surface area (Å²) >= 11 is 0. The Bertz CT molecular complexity index is 1080. The van der Waals surface area contributed by atoms with Crippen LogP contribution in [-0.4, -0.2) is 56.1 Å². The minimum absolute atomic E-state index is 0.0343. The zero-order chi connectivity index (χ0) is 25.8. The lowest BCUT2D eigenvalue weighted by Gasteiger charge is -2.45. The maximum Gasteiger partial charge on any atom is 0.410 e. The van der Waals surface area contributed by atoms with Crippen molar-refractivity contribution in [3.63, 3.8) is 0 Å². The predicted octanol–water partition coefficient (Wildman–Crippen LogP) is 5.96. The van der Waals surface area contributed by atoms with E-state index in [1.165, 1.54) is 0 Å². The van der Waals surface area contributed by atoms with Crippen LogP contribution < -0.4 is 0 Å². The van der Waals surface area contributed by atoms with E-state index in [1.807, 2.05) is 53.7 Å². The van der Waals surface area contributed by atoms with Crippen molar-refractivity contribution in [2.24, 2.45) is 5.92 Å². The molecule has 7 nitrogen and oxygen atoms in total. The van der Waals surface area contributed by atoms with Crippen molar-refractivity contribution in [2.75, 3.05) is 13.2 Å². The fourth-order valence-corrected chi connectivity index (χ4v) is 4.96. The van der Waals surface area contributed by atoms with Gasteiger partial charge in [0, 0.05) is 17.7 Å². The number of morpholine rings is 1. The molecule has 2 aliphatic rings. The van der Waals surface area contributed by atoms with Crippen molar-refractivity contribution < 1.29 is 27.4 Å². The number of alkyl halides is 3. The standard InChI is InChI=1S/C25H35F3N4O3/c1-15-11-19(20-13-31(24(5,6)14-34-20)22(33)35-23(2,3)4)32-21(29-15)12-18(30-32)16-7-9-17(10-8-16)25(26,27)28/h11-12,16-17,20H,7-10,13-14H2,1-6H3/t16-,17-,20-/m0/s1. The highest BCUT2D eigenvalue weighted by atomic mass is 19.4. The third-order valence-electron chi connectivity index (χ3n) is 6.87. The van der Waals surface area contributed by atoms with Crippen LogP contribution in [0.3, 0.4) is 0 Å². The molecule has 2 aromatic heterocycles. The Hall–Kier alpha value is -2.36. The minimum atomic E-state index is -4.14. The Labute approximate surface area is 204 Å². The van der Waals surface area contributed by atoms with E-state index in [1.54, 1.807) is 9.42 Å². The number of ether oxygens (including phenoxy) is 2. The molecule has 2 aromatic rings. The van der Waals surface area contributed by atoms with Gasteiger partial charge >= 0.3 is 12.3 Å². The Kier molecular flexibility index (Phi) is 6.57. The zero-order valence-corrected chi connectivity index (χ0v) is 21.3. The lowest BCUT2D eigenvalue weighted by molar-refractivity contribution is -0.182. The summed E-state index contributed by atoms with van der Waals surface area (Å²) < 4.78 is 52.8. The molecule has 1 atom stereocenters. The van der Waals surface area contributed by atoms with Crippen LogP contribution in [0.1, 0.15) is 89.4 Å². The van der Waals surface area contributed by atoms with Crippen molar-refractivity contribution in [3.8, 4) is 0 Å². The number of rotatable bonds is 2. The number of carbonyl (C=O) groups is 1. The molecule has 35 heavy (non-hydrogen) atoms. The topological polar surface area (TPSA) is 69.0 Å². The van der Waals surface area contributed by atoms with E-state index in [4.69, 9.17) is 14.6 Å². The number of carbonyl (C=O) groups excluding carboxylic acids is 1. The number of hydrogen-bond donors (Lipinski definition) is 0. The number of nitrogens with zero attached hydrogens (tertiary/aromatic N) is 4. The third kappa shape index (κ3) is 5.57. The van der Waals surface area contributed by atoms with E-state index in [0.717, 1.165) is 17.1 Å². The van der Waals surface area contributed by atoms with Gasteiger partial charge < -0.3 is 9.47 Å². The normalized spacial score (nSPS) is 25.6. The molecule has 4 rings (SSSR count). The zero-order valence-electron chi connectivity index (χ0n) is 21.3. The van der Waals surface area contributed by atoms with Gasteiger partial charge in [0.2, 0.25) is 0 Å². The van der Waals surface area contributed by atoms with Gasteiger partial charge in [0.25, 0.3) is 0 Å². The molecule has 3 heterocycles. The van der Waals surface area contributed by atoms with Crippen LogP contribution in [0.4, 0.5) is 18.0 Å². The average Bonchev–Trinajstić information content (AvgIpc) is 3.15. The van der Waals surface area contributed by atoms with E-state index in [0.29, 0.717) is 25.1 Å². The highest BCUT2D eigenvalue weighted by molar-refractivity contribution is 5.69. The molecule has 194 valence electrons. The summed E-state index contributed by atoms with van der Waals surface area (Å²) in [5.74, 6) is -1.27. The smallest absolute Gasteiger partial charge is 0.410 e. The Morgan fingerprint density at radius 2 is 1.80 bits per heavy atom. The summed E-state index contributed by atoms with van der Waals surface area (Å²) in [5.41, 5.74) is 1.75. The van der Waals surface area contributed by atoms with Gasteiger partial charge in [-0.25, -0.2) is 14.3 Å². The molecule has 1 amide bonds. The van der Waals surface area contributed by atoms with Gasteiger partial charge in [-0.1, -0.05) is 0 Å². The largest absolute Gasteiger partial charge is 0.444 e. The molecule has 1 aliphatic carbocycles. The van der Waals surface area contributed by atoms with Crippen LogP contribution >= 0.6 is 0 Å². The quantitative estimate of drug-likeness (QED) is 0.513. The molecule has 1 aliphatic heterocycles. The Balaban J connectivity index is 1.60. The average molecular weight is 497 g/mol. The van der Waals surface area contributed by atoms with E-state index in [-0.39, 0.29) is 25.3 Å². The van der Waals surface area contributed by atoms with Crippen molar-refractivity contribution in [2.45, 2.75) is 96.6 Å². The molecular weight excluding hydrogens is 461 g/mol. The molecule has 1 saturated heterocycles. The SMILES string of the molecule is Cc1cc([C@@H]2CN(C(=O)OC(C)(C)C)C(C)(C)CO2)n2nc([C@H]3CC[C@H](C(F)(F)F)CC3)cc2n1. The van der Waals surface area contributed by atoms with E-state index in [9.17, 15) is 18.0 Å². The molecule has 10 heteroatoms. The molecule has 0 unspecified atom stereocenters. The number of aromatic nitrogens is 3. The highest BCUT2D eigenvalue weighted by Gasteiger charge is 2.43. The van der Waals surface area contributed by atoms with Crippen LogP contribution in [0.2, 0.25) is 0 Å². The van der Waals surface area contributed by atoms with Crippen molar-refractivity contribution in [1.82, 2.24) is 19.5 Å². The maximum absolute atomic E-state index is 13.1. The fourth-order valence-electron chi connectivity index (χ4n) is 4.96. The lowest BCUT2D eigenvalue weighted by atomic mass is 9.80. The van der Waals surface area contributed by atoms with Crippen molar-refractivity contribution in [3.05, 3.63) is 29.2 Å². The van der Waals surface area contributed by atoms with Crippen molar-refractivity contribution in [1.29, 1.82) is 0 Å². The first-order valence-corrected chi connectivity index (χ1v) is 12.2. The van der Waals surface area contributed by atoms with Crippen LogP contribution in [0.25, 0.3) is 5.65 Å². The van der Waals surface area contributed by atoms with Crippen LogP contribution in [-0.2, 0) is 9.47 Å². The van der Waals surface area contributed by atoms with Gasteiger partial charge in [-0.05, 0) is 73.3 Å². The van der Waals surface area contributed by atoms with Crippen LogP contribution in [0.15, 0.2) is 12.1 Å². The second-order valence-electron chi connectivity index (χ2n) is 11.5. The first-order chi connectivity index (χ1) is 16.1. The lowest BCUT2D eigenvalue weighted by Crippen LogP contribution is -2.57. The maximum atomic E-state index is 13.1. The second kappa shape index (κ2) is 8.94. The van der Waals surface area contributed by atoms with Gasteiger partial charge in [0.05, 0.1) is 36.0 Å². The molecule has 0 radical (unpaired) electrons. The molecule has 0 N–H and O–H groups in total. The number of amides is 1. The van der Waals surface area contributed by atoms with Gasteiger partial charge in [-0.2, -0.15) is 18.3 Å². The summed E-state index contributed by atoms with van der Waals surface area (Å²) in [4.78, 5) is 19.3. The summed E-state index contributed by atoms with van der Waals surface area (Å²) in [6.45, 7) is 11.8. The number of fused-ring (bicyclic) bond motifs is 1. The molecular formula is C25H35F3N4O3. The van der Waals surface area contributed by atoms with Crippen molar-refractivity contribution >= 4 is 11.7 Å². The summed E-state index contributed by atoms with van der Waals surface area (Å²) in [6, 6.07) is 3.76. The number of aryl methyl sites for hydroxylation is 1. The van der Waals surface area contributed by atoms with E-state index >= 15 is 0 Å². The second-order valence-corrected chi connectivity index (χ2v) is 11.5. The van der Waals surface area contributed by atoms with Gasteiger partial charge in [-0.3, -0.25) is 4.90 Å². The van der Waals surface area contributed by atoms with Crippen LogP contribution in [0, 0.1) is 12.8 Å². The molecule has 0 bridgehead atoms. The van der Waals surface area contributed by atoms with Gasteiger partial charge in [0.15, 0.2) is 5.65 Å². The third-order valence-corrected chi connectivity index (χ3v) is 6.87. The van der Waals surface area contributed by atoms with Gasteiger partial charge in [-0.15, -0.1) is 0 Å². The highest BCUT2D eigenvalue weighted by Crippen LogP contribution is 2.43. The summed E-state index contributed by atoms with van der Waals surface area (Å²) in [7, 11) is 0. The molecule has 1 saturated carbocycles.